The van der Waals surface area contributed by atoms with Crippen molar-refractivity contribution in [1.82, 2.24) is 5.32 Å². The van der Waals surface area contributed by atoms with Gasteiger partial charge < -0.3 is 15.8 Å². The van der Waals surface area contributed by atoms with Crippen LogP contribution in [0.5, 0.6) is 0 Å². The summed E-state index contributed by atoms with van der Waals surface area (Å²) in [6.07, 6.45) is 1.83. The maximum Gasteiger partial charge on any atom is 0.336 e. The Morgan fingerprint density at radius 1 is 1.28 bits per heavy atom. The van der Waals surface area contributed by atoms with Crippen molar-refractivity contribution in [1.29, 1.82) is 0 Å². The summed E-state index contributed by atoms with van der Waals surface area (Å²) < 4.78 is 5.58. The molecule has 0 aliphatic heterocycles. The second-order valence-electron chi connectivity index (χ2n) is 6.86. The van der Waals surface area contributed by atoms with E-state index in [0.717, 1.165) is 16.8 Å². The van der Waals surface area contributed by atoms with E-state index in [9.17, 15) is 4.79 Å². The van der Waals surface area contributed by atoms with Crippen LogP contribution in [0.15, 0.2) is 52.7 Å². The van der Waals surface area contributed by atoms with Crippen LogP contribution in [0.1, 0.15) is 44.9 Å². The van der Waals surface area contributed by atoms with Crippen molar-refractivity contribution in [3.8, 4) is 0 Å². The molecule has 3 N–H and O–H groups in total. The van der Waals surface area contributed by atoms with Crippen molar-refractivity contribution in [2.75, 3.05) is 5.73 Å². The molecule has 0 amide bonds. The molecule has 134 valence electrons. The summed E-state index contributed by atoms with van der Waals surface area (Å²) in [5.74, 6) is -0.295. The Bertz CT molecular complexity index is 713. The number of ether oxygens (including phenoxy) is 1. The topological polar surface area (TPSA) is 64.3 Å². The minimum atomic E-state index is -0.526. The van der Waals surface area contributed by atoms with E-state index in [0.29, 0.717) is 12.1 Å². The maximum absolute atomic E-state index is 12.6. The molecular formula is C20H26N2O2S. The minimum Gasteiger partial charge on any atom is -0.457 e. The highest BCUT2D eigenvalue weighted by molar-refractivity contribution is 7.08. The van der Waals surface area contributed by atoms with E-state index in [1.807, 2.05) is 69.5 Å². The van der Waals surface area contributed by atoms with Gasteiger partial charge >= 0.3 is 5.97 Å². The van der Waals surface area contributed by atoms with Gasteiger partial charge in [-0.2, -0.15) is 11.3 Å². The lowest BCUT2D eigenvalue weighted by Crippen LogP contribution is -2.31. The van der Waals surface area contributed by atoms with Crippen LogP contribution in [0.2, 0.25) is 0 Å². The first-order valence-corrected chi connectivity index (χ1v) is 9.24. The molecule has 0 spiro atoms. The fraction of sp³-hybridized carbons (Fsp3) is 0.350. The number of hydrogen-bond acceptors (Lipinski definition) is 5. The standard InChI is InChI=1S/C20H26N2O2S/c1-5-17(19(23)24-20(2,3)4)18(15-10-11-25-13-15)22-12-14-6-8-16(21)9-7-14/h5-11,13,18,22H,12,21H2,1-4H3/b17-5-. The lowest BCUT2D eigenvalue weighted by molar-refractivity contribution is -0.150. The van der Waals surface area contributed by atoms with Gasteiger partial charge in [0.05, 0.1) is 11.6 Å². The molecule has 1 heterocycles. The van der Waals surface area contributed by atoms with Crippen LogP contribution in [0.25, 0.3) is 0 Å². The van der Waals surface area contributed by atoms with E-state index >= 15 is 0 Å². The highest BCUT2D eigenvalue weighted by Crippen LogP contribution is 2.27. The van der Waals surface area contributed by atoms with Crippen LogP contribution >= 0.6 is 11.3 Å². The zero-order valence-electron chi connectivity index (χ0n) is 15.2. The first-order valence-electron chi connectivity index (χ1n) is 8.29. The smallest absolute Gasteiger partial charge is 0.336 e. The summed E-state index contributed by atoms with van der Waals surface area (Å²) in [5.41, 5.74) is 8.72. The second kappa shape index (κ2) is 8.32. The normalized spacial score (nSPS) is 13.5. The van der Waals surface area contributed by atoms with Crippen molar-refractivity contribution in [3.63, 3.8) is 0 Å². The van der Waals surface area contributed by atoms with E-state index in [1.54, 1.807) is 11.3 Å². The summed E-state index contributed by atoms with van der Waals surface area (Å²) in [6, 6.07) is 9.52. The Balaban J connectivity index is 2.20. The highest BCUT2D eigenvalue weighted by Gasteiger charge is 2.26. The van der Waals surface area contributed by atoms with Gasteiger partial charge in [0.2, 0.25) is 0 Å². The molecule has 5 heteroatoms. The van der Waals surface area contributed by atoms with Crippen molar-refractivity contribution in [2.24, 2.45) is 0 Å². The number of anilines is 1. The number of esters is 1. The Morgan fingerprint density at radius 2 is 1.96 bits per heavy atom. The molecule has 0 aliphatic rings. The summed E-state index contributed by atoms with van der Waals surface area (Å²) in [7, 11) is 0. The predicted molar refractivity (Wildman–Crippen MR) is 104 cm³/mol. The van der Waals surface area contributed by atoms with Crippen LogP contribution in [0.3, 0.4) is 0 Å². The van der Waals surface area contributed by atoms with E-state index in [4.69, 9.17) is 10.5 Å². The Morgan fingerprint density at radius 3 is 2.48 bits per heavy atom. The average Bonchev–Trinajstić information content (AvgIpc) is 3.05. The van der Waals surface area contributed by atoms with Gasteiger partial charge in [0.25, 0.3) is 0 Å². The highest BCUT2D eigenvalue weighted by atomic mass is 32.1. The van der Waals surface area contributed by atoms with Crippen LogP contribution in [-0.2, 0) is 16.1 Å². The van der Waals surface area contributed by atoms with E-state index < -0.39 is 5.60 Å². The molecule has 1 unspecified atom stereocenters. The fourth-order valence-electron chi connectivity index (χ4n) is 2.44. The Kier molecular flexibility index (Phi) is 6.39. The van der Waals surface area contributed by atoms with Crippen molar-refractivity contribution in [2.45, 2.75) is 45.9 Å². The van der Waals surface area contributed by atoms with Gasteiger partial charge in [-0.25, -0.2) is 4.79 Å². The molecule has 2 rings (SSSR count). The first-order chi connectivity index (χ1) is 11.8. The number of nitrogens with two attached hydrogens (primary N) is 1. The molecule has 0 saturated carbocycles. The lowest BCUT2D eigenvalue weighted by atomic mass is 10.00. The number of nitrogen functional groups attached to an aromatic ring is 1. The van der Waals surface area contributed by atoms with E-state index in [1.165, 1.54) is 0 Å². The summed E-state index contributed by atoms with van der Waals surface area (Å²) in [5, 5.41) is 7.53. The average molecular weight is 359 g/mol. The van der Waals surface area contributed by atoms with Gasteiger partial charge in [0.15, 0.2) is 0 Å². The fourth-order valence-corrected chi connectivity index (χ4v) is 3.13. The quantitative estimate of drug-likeness (QED) is 0.455. The summed E-state index contributed by atoms with van der Waals surface area (Å²) in [4.78, 5) is 12.6. The molecule has 1 atom stereocenters. The third-order valence-corrected chi connectivity index (χ3v) is 4.32. The largest absolute Gasteiger partial charge is 0.457 e. The van der Waals surface area contributed by atoms with Crippen LogP contribution in [0, 0.1) is 0 Å². The minimum absolute atomic E-state index is 0.219. The van der Waals surface area contributed by atoms with Gasteiger partial charge in [-0.15, -0.1) is 0 Å². The van der Waals surface area contributed by atoms with Crippen molar-refractivity contribution >= 4 is 23.0 Å². The molecular weight excluding hydrogens is 332 g/mol. The molecule has 25 heavy (non-hydrogen) atoms. The predicted octanol–water partition coefficient (Wildman–Crippen LogP) is 4.45. The molecule has 4 nitrogen and oxygen atoms in total. The van der Waals surface area contributed by atoms with Gasteiger partial charge in [-0.3, -0.25) is 0 Å². The summed E-state index contributed by atoms with van der Waals surface area (Å²) in [6.45, 7) is 8.11. The number of carbonyl (C=O) groups is 1. The van der Waals surface area contributed by atoms with Gasteiger partial charge in [0, 0.05) is 12.2 Å². The molecule has 0 radical (unpaired) electrons. The molecule has 0 fully saturated rings. The van der Waals surface area contributed by atoms with Gasteiger partial charge in [-0.05, 0) is 67.8 Å². The maximum atomic E-state index is 12.6. The third-order valence-electron chi connectivity index (χ3n) is 3.62. The second-order valence-corrected chi connectivity index (χ2v) is 7.64. The zero-order valence-corrected chi connectivity index (χ0v) is 16.0. The number of allylic oxidation sites excluding steroid dienone is 1. The van der Waals surface area contributed by atoms with Crippen LogP contribution in [0.4, 0.5) is 5.69 Å². The van der Waals surface area contributed by atoms with Crippen LogP contribution in [-0.4, -0.2) is 11.6 Å². The molecule has 0 aliphatic carbocycles. The molecule has 1 aromatic heterocycles. The van der Waals surface area contributed by atoms with E-state index in [2.05, 4.69) is 10.7 Å². The first kappa shape index (κ1) is 19.2. The monoisotopic (exact) mass is 358 g/mol. The van der Waals surface area contributed by atoms with Crippen LogP contribution < -0.4 is 11.1 Å². The van der Waals surface area contributed by atoms with E-state index in [-0.39, 0.29) is 12.0 Å². The molecule has 2 aromatic rings. The number of nitrogens with one attached hydrogen (secondary N) is 1. The number of thiophene rings is 1. The lowest BCUT2D eigenvalue weighted by Gasteiger charge is -2.25. The number of benzene rings is 1. The molecule has 0 saturated heterocycles. The Hall–Kier alpha value is -2.11. The number of rotatable bonds is 6. The van der Waals surface area contributed by atoms with Crippen molar-refractivity contribution in [3.05, 3.63) is 63.9 Å². The third kappa shape index (κ3) is 5.73. The van der Waals surface area contributed by atoms with Gasteiger partial charge in [0.1, 0.15) is 5.60 Å². The molecule has 1 aromatic carbocycles. The Labute approximate surface area is 153 Å². The zero-order chi connectivity index (χ0) is 18.4. The molecule has 0 bridgehead atoms. The number of hydrogen-bond donors (Lipinski definition) is 2. The van der Waals surface area contributed by atoms with Gasteiger partial charge in [-0.1, -0.05) is 18.2 Å². The SMILES string of the molecule is C/C=C(\C(=O)OC(C)(C)C)C(NCc1ccc(N)cc1)c1ccsc1. The number of carbonyl (C=O) groups excluding carboxylic acids is 1. The van der Waals surface area contributed by atoms with Crippen molar-refractivity contribution < 1.29 is 9.53 Å². The summed E-state index contributed by atoms with van der Waals surface area (Å²) >= 11 is 1.61.